The van der Waals surface area contributed by atoms with E-state index >= 15 is 0 Å². The second-order valence-corrected chi connectivity index (χ2v) is 9.54. The lowest BCUT2D eigenvalue weighted by Crippen LogP contribution is -2.38. The minimum atomic E-state index is -0.209. The third-order valence-corrected chi connectivity index (χ3v) is 7.27. The number of benzene rings is 2. The Labute approximate surface area is 205 Å². The third kappa shape index (κ3) is 3.84. The normalized spacial score (nSPS) is 15.5. The van der Waals surface area contributed by atoms with E-state index in [-0.39, 0.29) is 5.54 Å². The Morgan fingerprint density at radius 1 is 0.914 bits per heavy atom. The van der Waals surface area contributed by atoms with Crippen LogP contribution >= 0.6 is 0 Å². The van der Waals surface area contributed by atoms with Crippen molar-refractivity contribution in [3.8, 4) is 22.4 Å². The lowest BCUT2D eigenvalue weighted by molar-refractivity contribution is 0.302. The van der Waals surface area contributed by atoms with E-state index in [9.17, 15) is 0 Å². The van der Waals surface area contributed by atoms with Gasteiger partial charge in [0.2, 0.25) is 5.95 Å². The zero-order chi connectivity index (χ0) is 23.8. The highest BCUT2D eigenvalue weighted by Gasteiger charge is 2.29. The number of rotatable bonds is 5. The number of nitrogens with zero attached hydrogens (tertiary/aromatic N) is 4. The smallest absolute Gasteiger partial charge is 0.229 e. The second-order valence-electron chi connectivity index (χ2n) is 9.54. The van der Waals surface area contributed by atoms with Crippen LogP contribution in [0.3, 0.4) is 0 Å². The van der Waals surface area contributed by atoms with Gasteiger partial charge < -0.3 is 11.1 Å². The molecule has 3 N–H and O–H groups in total. The summed E-state index contributed by atoms with van der Waals surface area (Å²) >= 11 is 0. The zero-order valence-electron chi connectivity index (χ0n) is 20.0. The average Bonchev–Trinajstić information content (AvgIpc) is 3.32. The maximum absolute atomic E-state index is 6.80. The molecule has 0 aliphatic heterocycles. The van der Waals surface area contributed by atoms with Gasteiger partial charge in [0.1, 0.15) is 0 Å². The van der Waals surface area contributed by atoms with Gasteiger partial charge in [-0.3, -0.25) is 4.40 Å². The standard InChI is InChI=1S/C29H30N6/c1-2-31-28-34-33-27-24-19-23(20-9-5-3-6-10-20)26(32-25(24)15-18-35(27)28)21-11-13-22(14-12-21)29(30)16-7-4-8-17-29/h3,5-6,9-15,18-19H,2,4,7-8,16-17,30H2,1H3,(H,31,34). The lowest BCUT2D eigenvalue weighted by atomic mass is 9.77. The summed E-state index contributed by atoms with van der Waals surface area (Å²) in [4.78, 5) is 5.15. The number of nitrogens with one attached hydrogen (secondary N) is 1. The van der Waals surface area contributed by atoms with Crippen LogP contribution < -0.4 is 11.1 Å². The van der Waals surface area contributed by atoms with Crippen molar-refractivity contribution < 1.29 is 0 Å². The van der Waals surface area contributed by atoms with E-state index in [0.717, 1.165) is 64.3 Å². The highest BCUT2D eigenvalue weighted by molar-refractivity contribution is 5.98. The molecule has 1 aliphatic carbocycles. The average molecular weight is 463 g/mol. The van der Waals surface area contributed by atoms with Crippen molar-refractivity contribution in [2.24, 2.45) is 5.73 Å². The first-order chi connectivity index (χ1) is 17.2. The van der Waals surface area contributed by atoms with Crippen molar-refractivity contribution in [3.63, 3.8) is 0 Å². The van der Waals surface area contributed by atoms with Gasteiger partial charge in [0.25, 0.3) is 0 Å². The van der Waals surface area contributed by atoms with Gasteiger partial charge in [-0.1, -0.05) is 73.9 Å². The summed E-state index contributed by atoms with van der Waals surface area (Å²) in [5.74, 6) is 0.740. The Hall–Kier alpha value is -3.77. The Morgan fingerprint density at radius 3 is 2.43 bits per heavy atom. The molecule has 2 aromatic carbocycles. The summed E-state index contributed by atoms with van der Waals surface area (Å²) in [6.07, 6.45) is 7.79. The lowest BCUT2D eigenvalue weighted by Gasteiger charge is -2.34. The van der Waals surface area contributed by atoms with Crippen LogP contribution in [-0.4, -0.2) is 26.1 Å². The molecular formula is C29H30N6. The monoisotopic (exact) mass is 462 g/mol. The molecule has 0 unspecified atom stereocenters. The van der Waals surface area contributed by atoms with Crippen molar-refractivity contribution >= 4 is 22.5 Å². The van der Waals surface area contributed by atoms with Crippen LogP contribution in [0.2, 0.25) is 0 Å². The number of fused-ring (bicyclic) bond motifs is 3. The minimum Gasteiger partial charge on any atom is -0.354 e. The number of pyridine rings is 2. The van der Waals surface area contributed by atoms with Gasteiger partial charge in [-0.05, 0) is 43.0 Å². The molecule has 0 radical (unpaired) electrons. The number of aromatic nitrogens is 4. The largest absolute Gasteiger partial charge is 0.354 e. The predicted octanol–water partition coefficient (Wildman–Crippen LogP) is 6.16. The second kappa shape index (κ2) is 8.78. The molecule has 1 saturated carbocycles. The molecule has 1 aliphatic rings. The molecule has 35 heavy (non-hydrogen) atoms. The van der Waals surface area contributed by atoms with Gasteiger partial charge in [-0.2, -0.15) is 0 Å². The molecular weight excluding hydrogens is 432 g/mol. The van der Waals surface area contributed by atoms with Crippen molar-refractivity contribution in [1.82, 2.24) is 19.6 Å². The summed E-state index contributed by atoms with van der Waals surface area (Å²) < 4.78 is 1.99. The fourth-order valence-corrected chi connectivity index (χ4v) is 5.36. The van der Waals surface area contributed by atoms with Crippen molar-refractivity contribution in [2.75, 3.05) is 11.9 Å². The Kier molecular flexibility index (Phi) is 5.46. The molecule has 6 rings (SSSR count). The van der Waals surface area contributed by atoms with Crippen LogP contribution in [-0.2, 0) is 5.54 Å². The van der Waals surface area contributed by atoms with Gasteiger partial charge in [-0.25, -0.2) is 4.98 Å². The van der Waals surface area contributed by atoms with E-state index in [4.69, 9.17) is 10.7 Å². The summed E-state index contributed by atoms with van der Waals surface area (Å²) in [7, 11) is 0. The van der Waals surface area contributed by atoms with Crippen LogP contribution in [0.5, 0.6) is 0 Å². The number of nitrogens with two attached hydrogens (primary N) is 1. The van der Waals surface area contributed by atoms with Gasteiger partial charge >= 0.3 is 0 Å². The van der Waals surface area contributed by atoms with E-state index in [1.54, 1.807) is 0 Å². The van der Waals surface area contributed by atoms with E-state index < -0.39 is 0 Å². The topological polar surface area (TPSA) is 81.1 Å². The summed E-state index contributed by atoms with van der Waals surface area (Å²) in [6.45, 7) is 2.83. The first-order valence-corrected chi connectivity index (χ1v) is 12.5. The molecule has 5 aromatic rings. The molecule has 3 heterocycles. The fourth-order valence-electron chi connectivity index (χ4n) is 5.36. The molecule has 0 spiro atoms. The molecule has 1 fully saturated rings. The number of hydrogen-bond donors (Lipinski definition) is 2. The molecule has 0 atom stereocenters. The van der Waals surface area contributed by atoms with Gasteiger partial charge in [0, 0.05) is 34.8 Å². The molecule has 6 heteroatoms. The Morgan fingerprint density at radius 2 is 1.69 bits per heavy atom. The first kappa shape index (κ1) is 21.7. The quantitative estimate of drug-likeness (QED) is 0.327. The molecule has 6 nitrogen and oxygen atoms in total. The van der Waals surface area contributed by atoms with E-state index in [2.05, 4.69) is 77.0 Å². The van der Waals surface area contributed by atoms with Gasteiger partial charge in [-0.15, -0.1) is 10.2 Å². The molecule has 0 saturated heterocycles. The van der Waals surface area contributed by atoms with Gasteiger partial charge in [0.15, 0.2) is 5.65 Å². The summed E-state index contributed by atoms with van der Waals surface area (Å²) in [6, 6.07) is 23.4. The maximum Gasteiger partial charge on any atom is 0.229 e. The van der Waals surface area contributed by atoms with Crippen molar-refractivity contribution in [2.45, 2.75) is 44.6 Å². The zero-order valence-corrected chi connectivity index (χ0v) is 20.0. The SMILES string of the molecule is CCNc1nnc2c3cc(-c4ccccc4)c(-c4ccc(C5(N)CCCCC5)cc4)nc3ccn12. The molecule has 0 bridgehead atoms. The van der Waals surface area contributed by atoms with Crippen LogP contribution in [0, 0.1) is 0 Å². The van der Waals surface area contributed by atoms with Crippen LogP contribution in [0.15, 0.2) is 72.9 Å². The number of anilines is 1. The van der Waals surface area contributed by atoms with Crippen molar-refractivity contribution in [1.29, 1.82) is 0 Å². The highest BCUT2D eigenvalue weighted by atomic mass is 15.3. The summed E-state index contributed by atoms with van der Waals surface area (Å²) in [5, 5.41) is 13.1. The predicted molar refractivity (Wildman–Crippen MR) is 142 cm³/mol. The minimum absolute atomic E-state index is 0.209. The summed E-state index contributed by atoms with van der Waals surface area (Å²) in [5.41, 5.74) is 13.8. The van der Waals surface area contributed by atoms with E-state index in [1.807, 2.05) is 22.7 Å². The first-order valence-electron chi connectivity index (χ1n) is 12.5. The van der Waals surface area contributed by atoms with Crippen LogP contribution in [0.25, 0.3) is 38.9 Å². The maximum atomic E-state index is 6.80. The van der Waals surface area contributed by atoms with Crippen LogP contribution in [0.1, 0.15) is 44.6 Å². The molecule has 0 amide bonds. The van der Waals surface area contributed by atoms with Gasteiger partial charge in [0.05, 0.1) is 11.2 Å². The van der Waals surface area contributed by atoms with E-state index in [0.29, 0.717) is 0 Å². The Balaban J connectivity index is 1.51. The van der Waals surface area contributed by atoms with Crippen molar-refractivity contribution in [3.05, 3.63) is 78.5 Å². The number of hydrogen-bond acceptors (Lipinski definition) is 5. The van der Waals surface area contributed by atoms with E-state index in [1.165, 1.54) is 24.8 Å². The fraction of sp³-hybridized carbons (Fsp3) is 0.276. The molecule has 3 aromatic heterocycles. The molecule has 176 valence electrons. The van der Waals surface area contributed by atoms with Crippen LogP contribution in [0.4, 0.5) is 5.95 Å². The third-order valence-electron chi connectivity index (χ3n) is 7.27. The Bertz CT molecular complexity index is 1480. The highest BCUT2D eigenvalue weighted by Crippen LogP contribution is 2.38.